The molecule has 2 aromatic carbocycles. The third-order valence-corrected chi connectivity index (χ3v) is 4.97. The number of hydrogen-bond donors (Lipinski definition) is 0. The van der Waals surface area contributed by atoms with Crippen LogP contribution in [0.2, 0.25) is 0 Å². The van der Waals surface area contributed by atoms with E-state index in [-0.39, 0.29) is 5.21 Å². The van der Waals surface area contributed by atoms with Gasteiger partial charge in [-0.15, -0.1) is 23.4 Å². The fraction of sp³-hybridized carbons (Fsp3) is 0.250. The first-order chi connectivity index (χ1) is 9.56. The van der Waals surface area contributed by atoms with Crippen molar-refractivity contribution in [2.45, 2.75) is 23.6 Å². The van der Waals surface area contributed by atoms with E-state index in [0.717, 1.165) is 4.90 Å². The van der Waals surface area contributed by atoms with Crippen LogP contribution in [0.25, 0.3) is 0 Å². The summed E-state index contributed by atoms with van der Waals surface area (Å²) in [6, 6.07) is 16.1. The summed E-state index contributed by atoms with van der Waals surface area (Å²) in [6.07, 6.45) is 2.09. The monoisotopic (exact) mass is 326 g/mol. The summed E-state index contributed by atoms with van der Waals surface area (Å²) in [5.74, 6) is 0. The van der Waals surface area contributed by atoms with Gasteiger partial charge >= 0.3 is 0 Å². The molecule has 0 N–H and O–H groups in total. The van der Waals surface area contributed by atoms with Gasteiger partial charge in [0.2, 0.25) is 0 Å². The topological polar surface area (TPSA) is 17.1 Å². The Hall–Kier alpha value is -0.770. The highest BCUT2D eigenvalue weighted by atomic mass is 35.5. The predicted molar refractivity (Wildman–Crippen MR) is 91.3 cm³/mol. The van der Waals surface area contributed by atoms with Crippen molar-refractivity contribution in [1.82, 2.24) is 0 Å². The van der Waals surface area contributed by atoms with Crippen molar-refractivity contribution in [3.8, 4) is 0 Å². The highest BCUT2D eigenvalue weighted by Gasteiger charge is 1.99. The maximum absolute atomic E-state index is 11.1. The van der Waals surface area contributed by atoms with Crippen LogP contribution in [-0.4, -0.2) is 15.7 Å². The molecule has 0 amide bonds. The van der Waals surface area contributed by atoms with Crippen LogP contribution in [0.5, 0.6) is 0 Å². The Morgan fingerprint density at radius 1 is 0.950 bits per heavy atom. The average Bonchev–Trinajstić information content (AvgIpc) is 2.49. The zero-order valence-electron chi connectivity index (χ0n) is 11.9. The van der Waals surface area contributed by atoms with E-state index < -0.39 is 10.8 Å². The molecule has 2 aromatic rings. The van der Waals surface area contributed by atoms with E-state index in [2.05, 4.69) is 37.4 Å². The molecule has 0 saturated heterocycles. The van der Waals surface area contributed by atoms with Crippen LogP contribution in [0, 0.1) is 13.8 Å². The summed E-state index contributed by atoms with van der Waals surface area (Å²) >= 11 is 7.20. The molecule has 0 aliphatic rings. The molecule has 0 spiro atoms. The number of aryl methyl sites for hydroxylation is 2. The van der Waals surface area contributed by atoms with Gasteiger partial charge in [0.25, 0.3) is 0 Å². The van der Waals surface area contributed by atoms with E-state index in [0.29, 0.717) is 0 Å². The van der Waals surface area contributed by atoms with Crippen LogP contribution in [0.4, 0.5) is 0 Å². The standard InChI is InChI=1S/C8H9ClOS.C8H10S/c1-7-2-4-8(5-3-7)11(10)6-9;1-7-3-5-8(9-2)6-4-7/h2-5H,6H2,1H3;3-6H,1-2H3. The molecule has 1 nitrogen and oxygen atoms in total. The summed E-state index contributed by atoms with van der Waals surface area (Å²) in [5, 5.41) is 0.170. The van der Waals surface area contributed by atoms with Gasteiger partial charge in [-0.2, -0.15) is 0 Å². The van der Waals surface area contributed by atoms with Crippen molar-refractivity contribution in [2.75, 3.05) is 11.5 Å². The van der Waals surface area contributed by atoms with Crippen molar-refractivity contribution < 1.29 is 4.21 Å². The molecule has 0 aromatic heterocycles. The van der Waals surface area contributed by atoms with E-state index >= 15 is 0 Å². The largest absolute Gasteiger partial charge is 0.253 e. The second kappa shape index (κ2) is 9.22. The smallest absolute Gasteiger partial charge is 0.103 e. The first-order valence-corrected chi connectivity index (χ1v) is 9.26. The zero-order valence-corrected chi connectivity index (χ0v) is 14.3. The summed E-state index contributed by atoms with van der Waals surface area (Å²) in [4.78, 5) is 2.13. The number of thioether (sulfide) groups is 1. The van der Waals surface area contributed by atoms with Crippen LogP contribution in [0.1, 0.15) is 11.1 Å². The molecule has 108 valence electrons. The van der Waals surface area contributed by atoms with Crippen LogP contribution in [-0.2, 0) is 10.8 Å². The van der Waals surface area contributed by atoms with Gasteiger partial charge in [0.15, 0.2) is 0 Å². The van der Waals surface area contributed by atoms with Gasteiger partial charge in [-0.25, -0.2) is 0 Å². The lowest BCUT2D eigenvalue weighted by atomic mass is 10.2. The second-order valence-electron chi connectivity index (χ2n) is 4.28. The first kappa shape index (κ1) is 17.3. The van der Waals surface area contributed by atoms with Crippen LogP contribution >= 0.6 is 23.4 Å². The molecule has 0 bridgehead atoms. The van der Waals surface area contributed by atoms with Gasteiger partial charge in [-0.3, -0.25) is 4.21 Å². The molecule has 1 unspecified atom stereocenters. The van der Waals surface area contributed by atoms with Gasteiger partial charge in [0.1, 0.15) is 5.21 Å². The minimum absolute atomic E-state index is 0.170. The van der Waals surface area contributed by atoms with Crippen molar-refractivity contribution in [3.05, 3.63) is 59.7 Å². The van der Waals surface area contributed by atoms with E-state index in [9.17, 15) is 4.21 Å². The van der Waals surface area contributed by atoms with Gasteiger partial charge in [-0.05, 0) is 44.4 Å². The molecule has 0 heterocycles. The molecule has 0 saturated carbocycles. The Morgan fingerprint density at radius 2 is 1.40 bits per heavy atom. The van der Waals surface area contributed by atoms with Crippen molar-refractivity contribution in [2.24, 2.45) is 0 Å². The van der Waals surface area contributed by atoms with Crippen molar-refractivity contribution in [1.29, 1.82) is 0 Å². The lowest BCUT2D eigenvalue weighted by Gasteiger charge is -1.97. The van der Waals surface area contributed by atoms with E-state index in [1.54, 1.807) is 11.8 Å². The second-order valence-corrected chi connectivity index (χ2v) is 7.20. The molecule has 1 atom stereocenters. The highest BCUT2D eigenvalue weighted by molar-refractivity contribution is 7.98. The molecule has 2 rings (SSSR count). The average molecular weight is 327 g/mol. The van der Waals surface area contributed by atoms with Crippen LogP contribution in [0.3, 0.4) is 0 Å². The minimum Gasteiger partial charge on any atom is -0.253 e. The minimum atomic E-state index is -1.03. The number of halogens is 1. The fourth-order valence-corrected chi connectivity index (χ4v) is 2.78. The fourth-order valence-electron chi connectivity index (χ4n) is 1.43. The molecule has 0 aliphatic heterocycles. The molecule has 0 radical (unpaired) electrons. The number of rotatable bonds is 3. The Kier molecular flexibility index (Phi) is 7.97. The lowest BCUT2D eigenvalue weighted by molar-refractivity contribution is 0.686. The normalized spacial score (nSPS) is 11.4. The maximum Gasteiger partial charge on any atom is 0.103 e. The Labute approximate surface area is 133 Å². The van der Waals surface area contributed by atoms with Crippen molar-refractivity contribution >= 4 is 34.2 Å². The third-order valence-electron chi connectivity index (χ3n) is 2.64. The van der Waals surface area contributed by atoms with E-state index in [4.69, 9.17) is 11.6 Å². The number of alkyl halides is 1. The summed E-state index contributed by atoms with van der Waals surface area (Å²) < 4.78 is 11.1. The summed E-state index contributed by atoms with van der Waals surface area (Å²) in [7, 11) is -1.03. The number of benzene rings is 2. The molecule has 4 heteroatoms. The Balaban J connectivity index is 0.000000204. The Morgan fingerprint density at radius 3 is 1.80 bits per heavy atom. The molecule has 0 fully saturated rings. The Bertz CT molecular complexity index is 535. The predicted octanol–water partition coefficient (Wildman–Crippen LogP) is 5.02. The van der Waals surface area contributed by atoms with E-state index in [1.165, 1.54) is 16.0 Å². The third kappa shape index (κ3) is 6.12. The van der Waals surface area contributed by atoms with Gasteiger partial charge in [0.05, 0.1) is 10.8 Å². The molecular formula is C16H19ClOS2. The zero-order chi connectivity index (χ0) is 15.0. The van der Waals surface area contributed by atoms with Gasteiger partial charge in [-0.1, -0.05) is 35.4 Å². The van der Waals surface area contributed by atoms with Gasteiger partial charge in [0, 0.05) is 9.79 Å². The first-order valence-electron chi connectivity index (χ1n) is 6.18. The quantitative estimate of drug-likeness (QED) is 0.582. The van der Waals surface area contributed by atoms with Crippen LogP contribution in [0.15, 0.2) is 58.3 Å². The molecule has 20 heavy (non-hydrogen) atoms. The van der Waals surface area contributed by atoms with Crippen LogP contribution < -0.4 is 0 Å². The lowest BCUT2D eigenvalue weighted by Crippen LogP contribution is -1.90. The maximum atomic E-state index is 11.1. The SMILES string of the molecule is CSc1ccc(C)cc1.Cc1ccc(S(=O)CCl)cc1. The summed E-state index contributed by atoms with van der Waals surface area (Å²) in [6.45, 7) is 4.09. The molecular weight excluding hydrogens is 308 g/mol. The van der Waals surface area contributed by atoms with E-state index in [1.807, 2.05) is 31.2 Å². The number of hydrogen-bond acceptors (Lipinski definition) is 2. The highest BCUT2D eigenvalue weighted by Crippen LogP contribution is 2.13. The summed E-state index contributed by atoms with van der Waals surface area (Å²) in [5.41, 5.74) is 2.49. The van der Waals surface area contributed by atoms with Gasteiger partial charge < -0.3 is 0 Å². The van der Waals surface area contributed by atoms with Crippen molar-refractivity contribution in [3.63, 3.8) is 0 Å². The molecule has 0 aliphatic carbocycles.